The second-order valence-electron chi connectivity index (χ2n) is 9.34. The Kier molecular flexibility index (Phi) is 5.78. The Bertz CT molecular complexity index is 1610. The lowest BCUT2D eigenvalue weighted by atomic mass is 10.0. The standard InChI is InChI=1S/C27H28FN5O3/c1-13-5-6-19-17(9-13)20(10-14(2)32-19)30-7-8-31-24-22(28)23(29)21-25-27(24)36-12-15(3)33(25)11-18(16(4)34)26(21)35/h5-6,9-11,15,31H,7-8,12,29H2,1-4H3,(H,30,32). The quantitative estimate of drug-likeness (QED) is 0.207. The number of nitrogens with zero attached hydrogens (tertiary/aromatic N) is 2. The van der Waals surface area contributed by atoms with Crippen LogP contribution in [0.1, 0.15) is 41.5 Å². The first-order valence-electron chi connectivity index (χ1n) is 11.9. The van der Waals surface area contributed by atoms with Gasteiger partial charge in [-0.2, -0.15) is 0 Å². The summed E-state index contributed by atoms with van der Waals surface area (Å²) in [5, 5.41) is 7.49. The van der Waals surface area contributed by atoms with Gasteiger partial charge in [0.1, 0.15) is 12.3 Å². The van der Waals surface area contributed by atoms with Crippen LogP contribution in [-0.4, -0.2) is 35.0 Å². The molecule has 1 aliphatic rings. The minimum absolute atomic E-state index is 0.0201. The highest BCUT2D eigenvalue weighted by atomic mass is 19.1. The van der Waals surface area contributed by atoms with Crippen LogP contribution in [0.3, 0.4) is 0 Å². The Labute approximate surface area is 207 Å². The Morgan fingerprint density at radius 2 is 2.00 bits per heavy atom. The average molecular weight is 490 g/mol. The number of hydrogen-bond donors (Lipinski definition) is 3. The number of nitrogen functional groups attached to an aromatic ring is 1. The highest BCUT2D eigenvalue weighted by molar-refractivity contribution is 6.04. The molecular weight excluding hydrogens is 461 g/mol. The number of aryl methyl sites for hydroxylation is 2. The molecule has 0 saturated carbocycles. The molecule has 9 heteroatoms. The minimum Gasteiger partial charge on any atom is -0.487 e. The van der Waals surface area contributed by atoms with Crippen molar-refractivity contribution in [1.29, 1.82) is 0 Å². The molecule has 0 spiro atoms. The number of anilines is 3. The summed E-state index contributed by atoms with van der Waals surface area (Å²) in [6.07, 6.45) is 1.52. The van der Waals surface area contributed by atoms with Gasteiger partial charge in [-0.1, -0.05) is 11.6 Å². The minimum atomic E-state index is -0.766. The highest BCUT2D eigenvalue weighted by Gasteiger charge is 2.29. The third-order valence-electron chi connectivity index (χ3n) is 6.56. The van der Waals surface area contributed by atoms with E-state index in [9.17, 15) is 9.59 Å². The lowest BCUT2D eigenvalue weighted by Crippen LogP contribution is -2.28. The van der Waals surface area contributed by atoms with Crippen LogP contribution in [0.2, 0.25) is 0 Å². The molecule has 0 fully saturated rings. The fourth-order valence-corrected chi connectivity index (χ4v) is 4.76. The number of aromatic nitrogens is 2. The number of fused-ring (bicyclic) bond motifs is 1. The number of nitrogens with two attached hydrogens (primary N) is 1. The van der Waals surface area contributed by atoms with Crippen LogP contribution in [0.15, 0.2) is 35.3 Å². The molecule has 0 aliphatic carbocycles. The highest BCUT2D eigenvalue weighted by Crippen LogP contribution is 2.43. The molecule has 0 radical (unpaired) electrons. The number of pyridine rings is 2. The predicted molar refractivity (Wildman–Crippen MR) is 141 cm³/mol. The molecule has 36 heavy (non-hydrogen) atoms. The van der Waals surface area contributed by atoms with E-state index in [0.29, 0.717) is 18.6 Å². The maximum Gasteiger partial charge on any atom is 0.202 e. The Morgan fingerprint density at radius 1 is 1.25 bits per heavy atom. The molecular formula is C27H28FN5O3. The van der Waals surface area contributed by atoms with Gasteiger partial charge in [-0.05, 0) is 45.9 Å². The molecule has 1 atom stereocenters. The van der Waals surface area contributed by atoms with Crippen LogP contribution in [-0.2, 0) is 0 Å². The van der Waals surface area contributed by atoms with Crippen LogP contribution in [0, 0.1) is 19.7 Å². The summed E-state index contributed by atoms with van der Waals surface area (Å²) >= 11 is 0. The number of hydrogen-bond acceptors (Lipinski definition) is 7. The van der Waals surface area contributed by atoms with Crippen LogP contribution in [0.5, 0.6) is 5.75 Å². The summed E-state index contributed by atoms with van der Waals surface area (Å²) in [6.45, 7) is 8.29. The topological polar surface area (TPSA) is 111 Å². The summed E-state index contributed by atoms with van der Waals surface area (Å²) in [5.74, 6) is -0.937. The van der Waals surface area contributed by atoms with Gasteiger partial charge in [0.2, 0.25) is 5.43 Å². The Morgan fingerprint density at radius 3 is 2.75 bits per heavy atom. The molecule has 1 aliphatic heterocycles. The van der Waals surface area contributed by atoms with E-state index in [0.717, 1.165) is 27.8 Å². The molecule has 0 amide bonds. The molecule has 5 rings (SSSR count). The molecule has 0 saturated heterocycles. The van der Waals surface area contributed by atoms with Crippen molar-refractivity contribution >= 4 is 44.7 Å². The molecule has 1 unspecified atom stereocenters. The van der Waals surface area contributed by atoms with E-state index < -0.39 is 17.0 Å². The van der Waals surface area contributed by atoms with Crippen LogP contribution in [0.25, 0.3) is 21.8 Å². The molecule has 8 nitrogen and oxygen atoms in total. The molecule has 3 heterocycles. The third-order valence-corrected chi connectivity index (χ3v) is 6.56. The number of carbonyl (C=O) groups excluding carboxylic acids is 1. The van der Waals surface area contributed by atoms with Crippen molar-refractivity contribution in [3.05, 3.63) is 63.3 Å². The second kappa shape index (κ2) is 8.82. The fraction of sp³-hybridized carbons (Fsp3) is 0.296. The number of halogens is 1. The molecule has 186 valence electrons. The predicted octanol–water partition coefficient (Wildman–Crippen LogP) is 4.57. The van der Waals surface area contributed by atoms with E-state index in [2.05, 4.69) is 21.7 Å². The first-order valence-corrected chi connectivity index (χ1v) is 11.9. The molecule has 2 aromatic heterocycles. The number of Topliss-reactive ketones (excluding diaryl/α,β-unsaturated/α-hetero) is 1. The van der Waals surface area contributed by atoms with Gasteiger partial charge in [0, 0.05) is 36.1 Å². The van der Waals surface area contributed by atoms with Gasteiger partial charge in [-0.15, -0.1) is 0 Å². The van der Waals surface area contributed by atoms with Gasteiger partial charge < -0.3 is 25.7 Å². The molecule has 4 aromatic rings. The molecule has 2 aromatic carbocycles. The Balaban J connectivity index is 1.48. The number of carbonyl (C=O) groups is 1. The van der Waals surface area contributed by atoms with E-state index in [4.69, 9.17) is 10.5 Å². The number of benzene rings is 2. The van der Waals surface area contributed by atoms with Crippen molar-refractivity contribution in [2.75, 3.05) is 36.1 Å². The van der Waals surface area contributed by atoms with Crippen molar-refractivity contribution < 1.29 is 13.9 Å². The van der Waals surface area contributed by atoms with Gasteiger partial charge in [-0.25, -0.2) is 4.39 Å². The van der Waals surface area contributed by atoms with E-state index in [-0.39, 0.29) is 40.7 Å². The van der Waals surface area contributed by atoms with Gasteiger partial charge in [-0.3, -0.25) is 14.6 Å². The largest absolute Gasteiger partial charge is 0.487 e. The van der Waals surface area contributed by atoms with Crippen LogP contribution in [0.4, 0.5) is 21.5 Å². The normalized spacial score (nSPS) is 14.6. The lowest BCUT2D eigenvalue weighted by Gasteiger charge is -2.29. The smallest absolute Gasteiger partial charge is 0.202 e. The molecule has 4 N–H and O–H groups in total. The summed E-state index contributed by atoms with van der Waals surface area (Å²) in [4.78, 5) is 29.7. The van der Waals surface area contributed by atoms with Crippen molar-refractivity contribution in [1.82, 2.24) is 9.55 Å². The SMILES string of the molecule is CC(=O)c1cn2c3c(c(NCCNc4cc(C)nc5ccc(C)cc45)c(F)c(N)c3c1=O)OCC2C. The zero-order chi connectivity index (χ0) is 25.7. The van der Waals surface area contributed by atoms with E-state index in [1.54, 1.807) is 4.57 Å². The van der Waals surface area contributed by atoms with Crippen molar-refractivity contribution in [3.8, 4) is 5.75 Å². The number of ether oxygens (including phenoxy) is 1. The summed E-state index contributed by atoms with van der Waals surface area (Å²) in [5.41, 5.74) is 9.58. The van der Waals surface area contributed by atoms with E-state index in [1.165, 1.54) is 13.1 Å². The lowest BCUT2D eigenvalue weighted by molar-refractivity contribution is 0.101. The Hall–Kier alpha value is -4.14. The summed E-state index contributed by atoms with van der Waals surface area (Å²) in [6, 6.07) is 7.92. The zero-order valence-corrected chi connectivity index (χ0v) is 20.7. The maximum atomic E-state index is 15.5. The van der Waals surface area contributed by atoms with E-state index >= 15 is 4.39 Å². The third kappa shape index (κ3) is 3.80. The average Bonchev–Trinajstić information content (AvgIpc) is 2.83. The zero-order valence-electron chi connectivity index (χ0n) is 20.7. The van der Waals surface area contributed by atoms with Crippen LogP contribution >= 0.6 is 0 Å². The number of ketones is 1. The van der Waals surface area contributed by atoms with Crippen molar-refractivity contribution in [2.45, 2.75) is 33.7 Å². The van der Waals surface area contributed by atoms with Gasteiger partial charge in [0.15, 0.2) is 17.3 Å². The number of rotatable bonds is 6. The van der Waals surface area contributed by atoms with Gasteiger partial charge in [0.25, 0.3) is 0 Å². The fourth-order valence-electron chi connectivity index (χ4n) is 4.76. The maximum absolute atomic E-state index is 15.5. The second-order valence-corrected chi connectivity index (χ2v) is 9.34. The van der Waals surface area contributed by atoms with Gasteiger partial charge >= 0.3 is 0 Å². The van der Waals surface area contributed by atoms with Crippen molar-refractivity contribution in [3.63, 3.8) is 0 Å². The number of nitrogens with one attached hydrogen (secondary N) is 2. The van der Waals surface area contributed by atoms with Crippen molar-refractivity contribution in [2.24, 2.45) is 0 Å². The van der Waals surface area contributed by atoms with Crippen LogP contribution < -0.4 is 26.5 Å². The first kappa shape index (κ1) is 23.6. The van der Waals surface area contributed by atoms with Gasteiger partial charge in [0.05, 0.1) is 33.7 Å². The first-order chi connectivity index (χ1) is 17.2. The monoisotopic (exact) mass is 489 g/mol. The summed E-state index contributed by atoms with van der Waals surface area (Å²) < 4.78 is 23.1. The molecule has 0 bridgehead atoms. The summed E-state index contributed by atoms with van der Waals surface area (Å²) in [7, 11) is 0. The van der Waals surface area contributed by atoms with E-state index in [1.807, 2.05) is 39.0 Å².